The van der Waals surface area contributed by atoms with Crippen LogP contribution in [0.5, 0.6) is 0 Å². The van der Waals surface area contributed by atoms with E-state index >= 15 is 0 Å². The maximum atomic E-state index is 12.0. The number of rotatable bonds is 6. The zero-order valence-corrected chi connectivity index (χ0v) is 14.5. The number of thiophene rings is 1. The van der Waals surface area contributed by atoms with Crippen LogP contribution in [-0.2, 0) is 13.0 Å². The Morgan fingerprint density at radius 3 is 2.78 bits per heavy atom. The summed E-state index contributed by atoms with van der Waals surface area (Å²) in [6.45, 7) is 4.57. The fourth-order valence-electron chi connectivity index (χ4n) is 2.50. The molecule has 0 aliphatic rings. The van der Waals surface area contributed by atoms with Crippen molar-refractivity contribution in [1.29, 1.82) is 0 Å². The molecule has 3 aromatic rings. The first-order valence-corrected chi connectivity index (χ1v) is 8.84. The summed E-state index contributed by atoms with van der Waals surface area (Å²) in [5.74, 6) is 0.721. The van der Waals surface area contributed by atoms with Crippen molar-refractivity contribution in [1.82, 2.24) is 14.9 Å². The Morgan fingerprint density at radius 2 is 2.04 bits per heavy atom. The van der Waals surface area contributed by atoms with Crippen molar-refractivity contribution in [2.24, 2.45) is 0 Å². The van der Waals surface area contributed by atoms with Gasteiger partial charge in [-0.15, -0.1) is 11.3 Å². The van der Waals surface area contributed by atoms with Crippen molar-refractivity contribution < 1.29 is 0 Å². The summed E-state index contributed by atoms with van der Waals surface area (Å²) in [5, 5.41) is 2.65. The summed E-state index contributed by atoms with van der Waals surface area (Å²) in [5.41, 5.74) is 1.99. The molecule has 2 aromatic heterocycles. The van der Waals surface area contributed by atoms with E-state index in [4.69, 9.17) is 11.6 Å². The van der Waals surface area contributed by atoms with Gasteiger partial charge in [0.1, 0.15) is 10.5 Å². The number of nitrogens with one attached hydrogen (secondary N) is 1. The Balaban J connectivity index is 1.68. The number of H-pyrrole nitrogens is 1. The van der Waals surface area contributed by atoms with E-state index in [1.165, 1.54) is 16.9 Å². The second kappa shape index (κ2) is 7.25. The first kappa shape index (κ1) is 16.2. The van der Waals surface area contributed by atoms with Crippen LogP contribution in [0.1, 0.15) is 18.3 Å². The smallest absolute Gasteiger partial charge is 0.268 e. The molecule has 23 heavy (non-hydrogen) atoms. The number of fused-ring (bicyclic) bond motifs is 1. The van der Waals surface area contributed by atoms with Gasteiger partial charge in [-0.25, -0.2) is 4.98 Å². The lowest BCUT2D eigenvalue weighted by Crippen LogP contribution is -2.27. The van der Waals surface area contributed by atoms with Gasteiger partial charge < -0.3 is 4.98 Å². The number of nitrogens with zero attached hydrogens (tertiary/aromatic N) is 2. The highest BCUT2D eigenvalue weighted by Crippen LogP contribution is 2.14. The van der Waals surface area contributed by atoms with E-state index < -0.39 is 0 Å². The summed E-state index contributed by atoms with van der Waals surface area (Å²) in [4.78, 5) is 21.7. The number of hydrogen-bond donors (Lipinski definition) is 1. The molecule has 0 aliphatic carbocycles. The normalized spacial score (nSPS) is 11.4. The highest BCUT2D eigenvalue weighted by molar-refractivity contribution is 7.17. The van der Waals surface area contributed by atoms with Crippen molar-refractivity contribution in [3.8, 4) is 0 Å². The Bertz CT molecular complexity index is 841. The molecule has 3 rings (SSSR count). The standard InChI is InChI=1S/C17H18ClN3OS/c1-2-21(9-7-12-3-5-13(18)6-4-12)11-15-19-14-8-10-23-16(14)17(22)20-15/h3-6,8,10H,2,7,9,11H2,1H3,(H,19,20,22). The van der Waals surface area contributed by atoms with E-state index in [9.17, 15) is 4.79 Å². The van der Waals surface area contributed by atoms with Crippen LogP contribution >= 0.6 is 22.9 Å². The molecule has 0 atom stereocenters. The van der Waals surface area contributed by atoms with Crippen LogP contribution in [0.3, 0.4) is 0 Å². The minimum absolute atomic E-state index is 0.0474. The van der Waals surface area contributed by atoms with E-state index in [1.54, 1.807) is 0 Å². The molecule has 0 bridgehead atoms. The van der Waals surface area contributed by atoms with E-state index in [0.29, 0.717) is 11.2 Å². The van der Waals surface area contributed by atoms with Crippen LogP contribution in [-0.4, -0.2) is 28.0 Å². The zero-order valence-electron chi connectivity index (χ0n) is 12.9. The van der Waals surface area contributed by atoms with Crippen LogP contribution in [0, 0.1) is 0 Å². The first-order valence-electron chi connectivity index (χ1n) is 7.59. The predicted octanol–water partition coefficient (Wildman–Crippen LogP) is 3.70. The van der Waals surface area contributed by atoms with Gasteiger partial charge in [0.05, 0.1) is 12.1 Å². The number of aromatic nitrogens is 2. The average molecular weight is 348 g/mol. The second-order valence-electron chi connectivity index (χ2n) is 5.39. The number of aromatic amines is 1. The van der Waals surface area contributed by atoms with Gasteiger partial charge in [0.25, 0.3) is 5.56 Å². The molecule has 0 unspecified atom stereocenters. The molecule has 1 aromatic carbocycles. The summed E-state index contributed by atoms with van der Waals surface area (Å²) in [6.07, 6.45) is 0.940. The van der Waals surface area contributed by atoms with E-state index in [2.05, 4.69) is 21.8 Å². The number of benzene rings is 1. The first-order chi connectivity index (χ1) is 11.2. The highest BCUT2D eigenvalue weighted by Gasteiger charge is 2.09. The maximum Gasteiger partial charge on any atom is 0.268 e. The third kappa shape index (κ3) is 3.99. The van der Waals surface area contributed by atoms with Crippen molar-refractivity contribution >= 4 is 33.2 Å². The average Bonchev–Trinajstić information content (AvgIpc) is 3.02. The van der Waals surface area contributed by atoms with Crippen molar-refractivity contribution in [3.63, 3.8) is 0 Å². The third-order valence-electron chi connectivity index (χ3n) is 3.81. The van der Waals surface area contributed by atoms with Crippen LogP contribution in [0.2, 0.25) is 5.02 Å². The lowest BCUT2D eigenvalue weighted by molar-refractivity contribution is 0.276. The number of likely N-dealkylation sites (N-methyl/N-ethyl adjacent to an activating group) is 1. The van der Waals surface area contributed by atoms with Gasteiger partial charge in [-0.05, 0) is 42.1 Å². The minimum Gasteiger partial charge on any atom is -0.308 e. The van der Waals surface area contributed by atoms with Gasteiger partial charge in [0.15, 0.2) is 0 Å². The predicted molar refractivity (Wildman–Crippen MR) is 96.3 cm³/mol. The van der Waals surface area contributed by atoms with Crippen LogP contribution in [0.4, 0.5) is 0 Å². The number of hydrogen-bond acceptors (Lipinski definition) is 4. The van der Waals surface area contributed by atoms with Gasteiger partial charge in [-0.3, -0.25) is 9.69 Å². The molecule has 6 heteroatoms. The SMILES string of the molecule is CCN(CCc1ccc(Cl)cc1)Cc1nc2ccsc2c(=O)[nH]1. The summed E-state index contributed by atoms with van der Waals surface area (Å²) in [7, 11) is 0. The molecule has 0 aliphatic heterocycles. The maximum absolute atomic E-state index is 12.0. The van der Waals surface area contributed by atoms with Crippen LogP contribution < -0.4 is 5.56 Å². The van der Waals surface area contributed by atoms with Crippen molar-refractivity contribution in [2.45, 2.75) is 19.9 Å². The largest absolute Gasteiger partial charge is 0.308 e. The Hall–Kier alpha value is -1.69. The molecule has 0 amide bonds. The zero-order chi connectivity index (χ0) is 16.2. The fourth-order valence-corrected chi connectivity index (χ4v) is 3.35. The summed E-state index contributed by atoms with van der Waals surface area (Å²) >= 11 is 7.34. The monoisotopic (exact) mass is 347 g/mol. The lowest BCUT2D eigenvalue weighted by atomic mass is 10.1. The Labute approximate surface area is 143 Å². The molecule has 0 saturated heterocycles. The van der Waals surface area contributed by atoms with E-state index in [-0.39, 0.29) is 5.56 Å². The number of halogens is 1. The van der Waals surface area contributed by atoms with Crippen molar-refractivity contribution in [3.05, 3.63) is 62.5 Å². The molecule has 4 nitrogen and oxygen atoms in total. The molecular weight excluding hydrogens is 330 g/mol. The van der Waals surface area contributed by atoms with Gasteiger partial charge in [0, 0.05) is 11.6 Å². The molecule has 0 spiro atoms. The molecule has 0 fully saturated rings. The molecule has 120 valence electrons. The highest BCUT2D eigenvalue weighted by atomic mass is 35.5. The topological polar surface area (TPSA) is 49.0 Å². The lowest BCUT2D eigenvalue weighted by Gasteiger charge is -2.19. The van der Waals surface area contributed by atoms with Crippen LogP contribution in [0.25, 0.3) is 10.2 Å². The molecule has 0 radical (unpaired) electrons. The van der Waals surface area contributed by atoms with E-state index in [0.717, 1.165) is 35.9 Å². The van der Waals surface area contributed by atoms with Gasteiger partial charge in [-0.2, -0.15) is 0 Å². The Kier molecular flexibility index (Phi) is 5.10. The van der Waals surface area contributed by atoms with Gasteiger partial charge >= 0.3 is 0 Å². The molecule has 2 heterocycles. The fraction of sp³-hybridized carbons (Fsp3) is 0.294. The Morgan fingerprint density at radius 1 is 1.26 bits per heavy atom. The third-order valence-corrected chi connectivity index (χ3v) is 4.97. The van der Waals surface area contributed by atoms with E-state index in [1.807, 2.05) is 35.7 Å². The minimum atomic E-state index is -0.0474. The quantitative estimate of drug-likeness (QED) is 0.739. The van der Waals surface area contributed by atoms with Crippen molar-refractivity contribution in [2.75, 3.05) is 13.1 Å². The van der Waals surface area contributed by atoms with Crippen LogP contribution in [0.15, 0.2) is 40.5 Å². The molecule has 1 N–H and O–H groups in total. The summed E-state index contributed by atoms with van der Waals surface area (Å²) < 4.78 is 0.693. The van der Waals surface area contributed by atoms with Gasteiger partial charge in [0.2, 0.25) is 0 Å². The second-order valence-corrected chi connectivity index (χ2v) is 6.75. The molecular formula is C17H18ClN3OS. The van der Waals surface area contributed by atoms with Gasteiger partial charge in [-0.1, -0.05) is 30.7 Å². The summed E-state index contributed by atoms with van der Waals surface area (Å²) in [6, 6.07) is 9.82. The molecule has 0 saturated carbocycles.